The highest BCUT2D eigenvalue weighted by atomic mass is 35.5. The van der Waals surface area contributed by atoms with Crippen molar-refractivity contribution in [3.63, 3.8) is 0 Å². The first-order valence-corrected chi connectivity index (χ1v) is 8.43. The zero-order valence-electron chi connectivity index (χ0n) is 11.9. The predicted octanol–water partition coefficient (Wildman–Crippen LogP) is 2.59. The first-order valence-electron chi connectivity index (χ1n) is 6.56. The van der Waals surface area contributed by atoms with Crippen LogP contribution in [0.3, 0.4) is 0 Å². The van der Waals surface area contributed by atoms with E-state index in [1.165, 1.54) is 0 Å². The van der Waals surface area contributed by atoms with E-state index in [0.717, 1.165) is 12.2 Å². The summed E-state index contributed by atoms with van der Waals surface area (Å²) < 4.78 is 29.0. The van der Waals surface area contributed by atoms with Gasteiger partial charge in [-0.15, -0.1) is 0 Å². The molecule has 2 rings (SSSR count). The minimum Gasteiger partial charge on any atom is -0.352 e. The molecule has 2 N–H and O–H groups in total. The fraction of sp³-hybridized carbons (Fsp3) is 0.286. The molecule has 1 heterocycles. The van der Waals surface area contributed by atoms with Crippen LogP contribution in [0, 0.1) is 0 Å². The average molecular weight is 328 g/mol. The number of aromatic nitrogens is 1. The van der Waals surface area contributed by atoms with E-state index in [1.54, 1.807) is 41.1 Å². The molecule has 0 saturated carbocycles. The molecule has 0 aliphatic carbocycles. The van der Waals surface area contributed by atoms with Gasteiger partial charge in [-0.25, -0.2) is 8.42 Å². The summed E-state index contributed by atoms with van der Waals surface area (Å²) in [6.45, 7) is 3.46. The maximum absolute atomic E-state index is 12.3. The molecule has 0 bridgehead atoms. The number of hydrogen-bond acceptors (Lipinski definition) is 3. The van der Waals surface area contributed by atoms with Crippen molar-refractivity contribution in [2.24, 2.45) is 7.05 Å². The van der Waals surface area contributed by atoms with Crippen LogP contribution >= 0.6 is 11.6 Å². The molecule has 7 heteroatoms. The molecule has 0 atom stereocenters. The van der Waals surface area contributed by atoms with Crippen LogP contribution in [0.1, 0.15) is 12.6 Å². The molecule has 0 amide bonds. The van der Waals surface area contributed by atoms with Gasteiger partial charge in [-0.3, -0.25) is 4.72 Å². The van der Waals surface area contributed by atoms with Gasteiger partial charge in [0.2, 0.25) is 0 Å². The summed E-state index contributed by atoms with van der Waals surface area (Å²) in [6, 6.07) is 8.20. The minimum atomic E-state index is -3.59. The van der Waals surface area contributed by atoms with Crippen molar-refractivity contribution in [2.75, 3.05) is 11.3 Å². The molecule has 5 nitrogen and oxygen atoms in total. The maximum atomic E-state index is 12.3. The molecule has 0 aliphatic heterocycles. The zero-order valence-corrected chi connectivity index (χ0v) is 13.5. The van der Waals surface area contributed by atoms with Crippen LogP contribution < -0.4 is 10.0 Å². The van der Waals surface area contributed by atoms with Crippen molar-refractivity contribution in [3.05, 3.63) is 47.2 Å². The number of benzene rings is 1. The van der Waals surface area contributed by atoms with Gasteiger partial charge in [0.25, 0.3) is 10.0 Å². The van der Waals surface area contributed by atoms with Crippen molar-refractivity contribution in [1.29, 1.82) is 0 Å². The van der Waals surface area contributed by atoms with E-state index >= 15 is 0 Å². The first-order chi connectivity index (χ1) is 9.92. The highest BCUT2D eigenvalue weighted by molar-refractivity contribution is 7.92. The van der Waals surface area contributed by atoms with Crippen LogP contribution in [-0.2, 0) is 23.6 Å². The SMILES string of the molecule is CCNCc1cc(S(=O)(=O)Nc2ccc(Cl)cc2)cn1C. The summed E-state index contributed by atoms with van der Waals surface area (Å²) in [6.07, 6.45) is 1.60. The highest BCUT2D eigenvalue weighted by Crippen LogP contribution is 2.19. The maximum Gasteiger partial charge on any atom is 0.263 e. The lowest BCUT2D eigenvalue weighted by atomic mass is 10.3. The lowest BCUT2D eigenvalue weighted by molar-refractivity contribution is 0.601. The number of rotatable bonds is 6. The molecule has 0 spiro atoms. The third kappa shape index (κ3) is 4.00. The Bertz CT molecular complexity index is 708. The Morgan fingerprint density at radius 1 is 1.24 bits per heavy atom. The van der Waals surface area contributed by atoms with Crippen LogP contribution in [0.2, 0.25) is 5.02 Å². The van der Waals surface area contributed by atoms with E-state index in [0.29, 0.717) is 17.3 Å². The molecule has 114 valence electrons. The number of halogens is 1. The Kier molecular flexibility index (Phi) is 4.92. The highest BCUT2D eigenvalue weighted by Gasteiger charge is 2.17. The largest absolute Gasteiger partial charge is 0.352 e. The number of hydrogen-bond donors (Lipinski definition) is 2. The second-order valence-electron chi connectivity index (χ2n) is 4.67. The first kappa shape index (κ1) is 15.9. The summed E-state index contributed by atoms with van der Waals surface area (Å²) in [5, 5.41) is 3.74. The van der Waals surface area contributed by atoms with Crippen LogP contribution in [0.15, 0.2) is 41.4 Å². The Labute approximate surface area is 130 Å². The Morgan fingerprint density at radius 2 is 1.90 bits per heavy atom. The number of nitrogens with zero attached hydrogens (tertiary/aromatic N) is 1. The van der Waals surface area contributed by atoms with Gasteiger partial charge in [0.1, 0.15) is 4.90 Å². The molecule has 2 aromatic rings. The average Bonchev–Trinajstić information content (AvgIpc) is 2.81. The van der Waals surface area contributed by atoms with E-state index in [2.05, 4.69) is 10.0 Å². The number of nitrogens with one attached hydrogen (secondary N) is 2. The summed E-state index contributed by atoms with van der Waals surface area (Å²) in [4.78, 5) is 0.243. The van der Waals surface area contributed by atoms with Gasteiger partial charge < -0.3 is 9.88 Å². The van der Waals surface area contributed by atoms with Gasteiger partial charge >= 0.3 is 0 Å². The van der Waals surface area contributed by atoms with Crippen LogP contribution in [0.25, 0.3) is 0 Å². The van der Waals surface area contributed by atoms with E-state index in [1.807, 2.05) is 14.0 Å². The zero-order chi connectivity index (χ0) is 15.5. The number of aryl methyl sites for hydroxylation is 1. The van der Waals surface area contributed by atoms with E-state index in [4.69, 9.17) is 11.6 Å². The summed E-state index contributed by atoms with van der Waals surface area (Å²) in [5.74, 6) is 0. The quantitative estimate of drug-likeness (QED) is 0.857. The van der Waals surface area contributed by atoms with Gasteiger partial charge in [-0.05, 0) is 36.9 Å². The monoisotopic (exact) mass is 327 g/mol. The third-order valence-electron chi connectivity index (χ3n) is 3.05. The molecule has 21 heavy (non-hydrogen) atoms. The molecule has 0 unspecified atom stereocenters. The smallest absolute Gasteiger partial charge is 0.263 e. The standard InChI is InChI=1S/C14H18ClN3O2S/c1-3-16-9-13-8-14(10-18(13)2)21(19,20)17-12-6-4-11(15)5-7-12/h4-8,10,16-17H,3,9H2,1-2H3. The van der Waals surface area contributed by atoms with E-state index in [9.17, 15) is 8.42 Å². The minimum absolute atomic E-state index is 0.243. The Morgan fingerprint density at radius 3 is 2.52 bits per heavy atom. The fourth-order valence-electron chi connectivity index (χ4n) is 1.88. The topological polar surface area (TPSA) is 63.1 Å². The molecule has 0 fully saturated rings. The molecule has 0 saturated heterocycles. The predicted molar refractivity (Wildman–Crippen MR) is 85.1 cm³/mol. The molecular weight excluding hydrogens is 310 g/mol. The second kappa shape index (κ2) is 6.51. The molecule has 0 radical (unpaired) electrons. The number of sulfonamides is 1. The van der Waals surface area contributed by atoms with Crippen molar-refractivity contribution in [1.82, 2.24) is 9.88 Å². The third-order valence-corrected chi connectivity index (χ3v) is 4.65. The Balaban J connectivity index is 2.21. The number of anilines is 1. The fourth-order valence-corrected chi connectivity index (χ4v) is 3.16. The van der Waals surface area contributed by atoms with Gasteiger partial charge in [-0.2, -0.15) is 0 Å². The summed E-state index contributed by atoms with van der Waals surface area (Å²) in [5.41, 5.74) is 1.39. The molecule has 1 aromatic heterocycles. The molecule has 0 aliphatic rings. The lowest BCUT2D eigenvalue weighted by Crippen LogP contribution is -2.14. The van der Waals surface area contributed by atoms with Gasteiger partial charge in [0, 0.05) is 36.2 Å². The lowest BCUT2D eigenvalue weighted by Gasteiger charge is -2.06. The normalized spacial score (nSPS) is 11.6. The van der Waals surface area contributed by atoms with Gasteiger partial charge in [0.05, 0.1) is 0 Å². The van der Waals surface area contributed by atoms with Crippen LogP contribution in [0.4, 0.5) is 5.69 Å². The Hall–Kier alpha value is -1.50. The van der Waals surface area contributed by atoms with Crippen LogP contribution in [0.5, 0.6) is 0 Å². The molecular formula is C14H18ClN3O2S. The van der Waals surface area contributed by atoms with Gasteiger partial charge in [0.15, 0.2) is 0 Å². The summed E-state index contributed by atoms with van der Waals surface area (Å²) >= 11 is 5.79. The van der Waals surface area contributed by atoms with Crippen LogP contribution in [-0.4, -0.2) is 19.5 Å². The van der Waals surface area contributed by atoms with E-state index in [-0.39, 0.29) is 4.90 Å². The molecule has 1 aromatic carbocycles. The van der Waals surface area contributed by atoms with Gasteiger partial charge in [-0.1, -0.05) is 18.5 Å². The van der Waals surface area contributed by atoms with Crippen molar-refractivity contribution in [2.45, 2.75) is 18.4 Å². The summed E-state index contributed by atoms with van der Waals surface area (Å²) in [7, 11) is -1.77. The van der Waals surface area contributed by atoms with Crippen molar-refractivity contribution < 1.29 is 8.42 Å². The second-order valence-corrected chi connectivity index (χ2v) is 6.79. The van der Waals surface area contributed by atoms with Crippen molar-refractivity contribution >= 4 is 27.3 Å². The van der Waals surface area contributed by atoms with E-state index < -0.39 is 10.0 Å². The van der Waals surface area contributed by atoms with Crippen molar-refractivity contribution in [3.8, 4) is 0 Å².